The number of likely N-dealkylation sites (tertiary alicyclic amines) is 2. The molecule has 0 N–H and O–H groups in total. The smallest absolute Gasteiger partial charge is 0.250 e. The van der Waals surface area contributed by atoms with Crippen LogP contribution in [0.1, 0.15) is 83.9 Å². The molecule has 0 radical (unpaired) electrons. The first-order chi connectivity index (χ1) is 28.9. The normalized spacial score (nSPS) is 16.9. The van der Waals surface area contributed by atoms with Crippen molar-refractivity contribution in [1.82, 2.24) is 28.9 Å². The summed E-state index contributed by atoms with van der Waals surface area (Å²) in [5.41, 5.74) is 7.36. The molecule has 8 rings (SSSR count). The third-order valence-electron chi connectivity index (χ3n) is 10.8. The highest BCUT2D eigenvalue weighted by molar-refractivity contribution is 9.10. The molecule has 0 bridgehead atoms. The van der Waals surface area contributed by atoms with Crippen molar-refractivity contribution in [1.29, 1.82) is 0 Å². The van der Waals surface area contributed by atoms with Gasteiger partial charge in [0.2, 0.25) is 11.8 Å². The minimum atomic E-state index is 0.0684. The van der Waals surface area contributed by atoms with Crippen molar-refractivity contribution in [3.63, 3.8) is 0 Å². The molecular formula is C46H48Br2N6O4S2. The van der Waals surface area contributed by atoms with E-state index in [9.17, 15) is 9.59 Å². The van der Waals surface area contributed by atoms with Crippen molar-refractivity contribution < 1.29 is 19.1 Å². The molecule has 2 amide bonds. The van der Waals surface area contributed by atoms with E-state index in [4.69, 9.17) is 9.47 Å². The van der Waals surface area contributed by atoms with Crippen molar-refractivity contribution in [3.05, 3.63) is 137 Å². The van der Waals surface area contributed by atoms with Gasteiger partial charge in [0.15, 0.2) is 0 Å². The molecule has 2 aliphatic rings. The maximum absolute atomic E-state index is 13.2. The van der Waals surface area contributed by atoms with Crippen LogP contribution in [-0.4, -0.2) is 68.0 Å². The number of ether oxygens (including phenoxy) is 2. The second-order valence-electron chi connectivity index (χ2n) is 14.9. The average molecular weight is 973 g/mol. The number of benzene rings is 2. The molecule has 2 aliphatic heterocycles. The van der Waals surface area contributed by atoms with Gasteiger partial charge in [0.1, 0.15) is 11.5 Å². The first-order valence-corrected chi connectivity index (χ1v) is 23.2. The maximum Gasteiger partial charge on any atom is 0.250 e. The van der Waals surface area contributed by atoms with Gasteiger partial charge in [-0.2, -0.15) is 0 Å². The maximum atomic E-state index is 13.2. The van der Waals surface area contributed by atoms with Crippen molar-refractivity contribution in [2.45, 2.75) is 65.5 Å². The highest BCUT2D eigenvalue weighted by atomic mass is 79.9. The molecule has 312 valence electrons. The summed E-state index contributed by atoms with van der Waals surface area (Å²) >= 11 is 10.4. The van der Waals surface area contributed by atoms with Gasteiger partial charge < -0.3 is 28.4 Å². The number of halogens is 2. The molecule has 0 spiro atoms. The van der Waals surface area contributed by atoms with Crippen LogP contribution in [0.5, 0.6) is 11.5 Å². The zero-order chi connectivity index (χ0) is 42.5. The summed E-state index contributed by atoms with van der Waals surface area (Å²) in [6.45, 7) is 9.69. The number of thiophene rings is 2. The van der Waals surface area contributed by atoms with E-state index in [0.717, 1.165) is 104 Å². The summed E-state index contributed by atoms with van der Waals surface area (Å²) < 4.78 is 17.2. The number of imidazole rings is 2. The molecule has 2 saturated heterocycles. The van der Waals surface area contributed by atoms with E-state index in [2.05, 4.69) is 78.6 Å². The molecule has 60 heavy (non-hydrogen) atoms. The number of hydrogen-bond acceptors (Lipinski definition) is 8. The number of carbonyl (C=O) groups excluding carboxylic acids is 2. The van der Waals surface area contributed by atoms with Crippen LogP contribution in [0, 0.1) is 13.8 Å². The zero-order valence-electron chi connectivity index (χ0n) is 34.5. The minimum Gasteiger partial charge on any atom is -0.495 e. The van der Waals surface area contributed by atoms with E-state index >= 15 is 0 Å². The highest BCUT2D eigenvalue weighted by Gasteiger charge is 2.30. The fourth-order valence-electron chi connectivity index (χ4n) is 7.58. The Morgan fingerprint density at radius 2 is 1.08 bits per heavy atom. The number of hydrogen-bond donors (Lipinski definition) is 0. The van der Waals surface area contributed by atoms with Gasteiger partial charge in [-0.05, 0) is 145 Å². The van der Waals surface area contributed by atoms with E-state index < -0.39 is 0 Å². The fourth-order valence-corrected chi connectivity index (χ4v) is 10.6. The van der Waals surface area contributed by atoms with Crippen molar-refractivity contribution in [3.8, 4) is 22.9 Å². The largest absolute Gasteiger partial charge is 0.495 e. The lowest BCUT2D eigenvalue weighted by atomic mass is 9.99. The van der Waals surface area contributed by atoms with Gasteiger partial charge in [0.05, 0.1) is 61.7 Å². The molecule has 6 aromatic rings. The molecule has 4 aromatic heterocycles. The van der Waals surface area contributed by atoms with Gasteiger partial charge in [-0.25, -0.2) is 9.97 Å². The number of methoxy groups -OCH3 is 2. The molecule has 6 heterocycles. The molecule has 14 heteroatoms. The molecule has 2 aromatic carbocycles. The van der Waals surface area contributed by atoms with Crippen LogP contribution in [0.15, 0.2) is 104 Å². The SMILES string of the molecule is COc1cc(/C=C2\CCCN([C@@H](C)c3cc(Br)cs3)C2=O)ccc1-n1cnc(C)c1.COc1cc(/C=C2\CCCN([C@H](C)c3cc(Br)cs3)C2=O)ccc1-n1cnc(C)c1. The molecule has 2 atom stereocenters. The molecule has 0 aliphatic carbocycles. The highest BCUT2D eigenvalue weighted by Crippen LogP contribution is 2.36. The second kappa shape index (κ2) is 19.3. The molecule has 0 unspecified atom stereocenters. The quantitative estimate of drug-likeness (QED) is 0.127. The summed E-state index contributed by atoms with van der Waals surface area (Å²) in [6.07, 6.45) is 15.0. The minimum absolute atomic E-state index is 0.0684. The predicted octanol–water partition coefficient (Wildman–Crippen LogP) is 11.6. The number of rotatable bonds is 10. The number of nitrogens with zero attached hydrogens (tertiary/aromatic N) is 6. The van der Waals surface area contributed by atoms with E-state index in [1.807, 2.05) is 93.7 Å². The Labute approximate surface area is 376 Å². The van der Waals surface area contributed by atoms with Crippen molar-refractivity contribution >= 4 is 78.5 Å². The Kier molecular flexibility index (Phi) is 13.9. The summed E-state index contributed by atoms with van der Waals surface area (Å²) in [6, 6.07) is 16.3. The van der Waals surface area contributed by atoms with Crippen LogP contribution in [0.4, 0.5) is 0 Å². The van der Waals surface area contributed by atoms with Gasteiger partial charge in [-0.3, -0.25) is 9.59 Å². The van der Waals surface area contributed by atoms with Crippen LogP contribution in [0.3, 0.4) is 0 Å². The van der Waals surface area contributed by atoms with E-state index in [1.54, 1.807) is 49.5 Å². The summed E-state index contributed by atoms with van der Waals surface area (Å²) in [5, 5.41) is 4.12. The van der Waals surface area contributed by atoms with Gasteiger partial charge in [0, 0.05) is 66.1 Å². The molecular weight excluding hydrogens is 924 g/mol. The summed E-state index contributed by atoms with van der Waals surface area (Å²) in [5.74, 6) is 1.73. The van der Waals surface area contributed by atoms with Crippen LogP contribution < -0.4 is 9.47 Å². The summed E-state index contributed by atoms with van der Waals surface area (Å²) in [4.78, 5) is 41.3. The number of piperidine rings is 2. The number of aromatic nitrogens is 4. The third kappa shape index (κ3) is 9.88. The molecule has 0 saturated carbocycles. The second-order valence-corrected chi connectivity index (χ2v) is 18.7. The Hall–Kier alpha value is -4.76. The van der Waals surface area contributed by atoms with Crippen molar-refractivity contribution in [2.24, 2.45) is 0 Å². The van der Waals surface area contributed by atoms with Crippen LogP contribution in [0.2, 0.25) is 0 Å². The van der Waals surface area contributed by atoms with Gasteiger partial charge in [-0.15, -0.1) is 22.7 Å². The van der Waals surface area contributed by atoms with Crippen LogP contribution >= 0.6 is 54.5 Å². The van der Waals surface area contributed by atoms with Gasteiger partial charge >= 0.3 is 0 Å². The van der Waals surface area contributed by atoms with Crippen molar-refractivity contribution in [2.75, 3.05) is 27.3 Å². The first-order valence-electron chi connectivity index (χ1n) is 19.8. The number of carbonyl (C=O) groups is 2. The Bertz CT molecular complexity index is 2380. The van der Waals surface area contributed by atoms with E-state index in [-0.39, 0.29) is 23.9 Å². The Morgan fingerprint density at radius 3 is 1.42 bits per heavy atom. The van der Waals surface area contributed by atoms with Crippen LogP contribution in [0.25, 0.3) is 23.5 Å². The lowest BCUT2D eigenvalue weighted by Crippen LogP contribution is -2.38. The first kappa shape index (κ1) is 43.3. The standard InChI is InChI=1S/2C23H24BrN3O2S/c2*1-15-12-26(14-25-15)20-7-6-17(10-21(20)29-3)9-18-5-4-8-27(23(18)28)16(2)22-11-19(24)13-30-22/h2*6-7,9-14,16H,4-5,8H2,1-3H3/b2*18-9+/t2*16-/m10/s1. The third-order valence-corrected chi connectivity index (χ3v) is 14.5. The lowest BCUT2D eigenvalue weighted by Gasteiger charge is -2.33. The monoisotopic (exact) mass is 970 g/mol. The number of aryl methyl sites for hydroxylation is 2. The van der Waals surface area contributed by atoms with Gasteiger partial charge in [0.25, 0.3) is 0 Å². The number of amides is 2. The molecule has 10 nitrogen and oxygen atoms in total. The van der Waals surface area contributed by atoms with Crippen LogP contribution in [-0.2, 0) is 9.59 Å². The Morgan fingerprint density at radius 1 is 0.667 bits per heavy atom. The molecule has 2 fully saturated rings. The topological polar surface area (TPSA) is 94.7 Å². The Balaban J connectivity index is 0.000000181. The summed E-state index contributed by atoms with van der Waals surface area (Å²) in [7, 11) is 3.32. The average Bonchev–Trinajstić information content (AvgIpc) is 4.08. The van der Waals surface area contributed by atoms with E-state index in [0.29, 0.717) is 0 Å². The lowest BCUT2D eigenvalue weighted by molar-refractivity contribution is -0.131. The van der Waals surface area contributed by atoms with E-state index in [1.165, 1.54) is 9.75 Å². The fraction of sp³-hybridized carbons (Fsp3) is 0.304. The predicted molar refractivity (Wildman–Crippen MR) is 248 cm³/mol. The van der Waals surface area contributed by atoms with Gasteiger partial charge in [-0.1, -0.05) is 12.1 Å². The zero-order valence-corrected chi connectivity index (χ0v) is 39.3.